The molecule has 6 nitrogen and oxygen atoms in total. The third-order valence-electron chi connectivity index (χ3n) is 8.50. The van der Waals surface area contributed by atoms with Crippen molar-refractivity contribution in [2.24, 2.45) is 0 Å². The molecular formula is C36H34FNO5S2. The number of rotatable bonds is 10. The molecule has 0 amide bonds. The number of hydrogen-bond donors (Lipinski definition) is 0. The zero-order valence-electron chi connectivity index (χ0n) is 25.4. The van der Waals surface area contributed by atoms with Crippen molar-refractivity contribution in [3.05, 3.63) is 131 Å². The van der Waals surface area contributed by atoms with Crippen molar-refractivity contribution in [1.82, 2.24) is 4.98 Å². The van der Waals surface area contributed by atoms with Gasteiger partial charge in [-0.2, -0.15) is 0 Å². The predicted octanol–water partition coefficient (Wildman–Crippen LogP) is 6.71. The van der Waals surface area contributed by atoms with Crippen molar-refractivity contribution in [2.45, 2.75) is 41.7 Å². The van der Waals surface area contributed by atoms with Gasteiger partial charge < -0.3 is 4.79 Å². The number of pyridine rings is 1. The molecule has 0 N–H and O–H groups in total. The summed E-state index contributed by atoms with van der Waals surface area (Å²) in [6.07, 6.45) is 5.26. The highest BCUT2D eigenvalue weighted by Crippen LogP contribution is 2.44. The lowest BCUT2D eigenvalue weighted by Gasteiger charge is -2.35. The zero-order chi connectivity index (χ0) is 32.6. The molecule has 9 heteroatoms. The lowest BCUT2D eigenvalue weighted by atomic mass is 9.67. The highest BCUT2D eigenvalue weighted by molar-refractivity contribution is 7.91. The Kier molecular flexibility index (Phi) is 8.79. The van der Waals surface area contributed by atoms with E-state index in [9.17, 15) is 26.0 Å². The fourth-order valence-electron chi connectivity index (χ4n) is 5.87. The molecule has 0 fully saturated rings. The van der Waals surface area contributed by atoms with E-state index < -0.39 is 42.1 Å². The van der Waals surface area contributed by atoms with E-state index in [1.165, 1.54) is 30.5 Å². The van der Waals surface area contributed by atoms with Crippen LogP contribution in [0.25, 0.3) is 22.0 Å². The van der Waals surface area contributed by atoms with E-state index in [2.05, 4.69) is 4.98 Å². The molecule has 5 rings (SSSR count). The van der Waals surface area contributed by atoms with Gasteiger partial charge in [0.2, 0.25) is 0 Å². The molecule has 45 heavy (non-hydrogen) atoms. The molecule has 0 bridgehead atoms. The van der Waals surface area contributed by atoms with Gasteiger partial charge in [-0.15, -0.1) is 0 Å². The van der Waals surface area contributed by atoms with Gasteiger partial charge in [0, 0.05) is 35.6 Å². The standard InChI is InChI=1S/C36H34FNO5S2/c1-24(44(3,40)41)19-25-20-29-9-6-18-38-35(29)33(21-25)27-7-5-8-28(22-27)34(26-10-14-31(37)15-11-26)36(2,23-39)30-12-16-32(17-13-30)45(4,42)43/h5-18,20-24,34H,19H2,1-4H3. The molecule has 0 saturated carbocycles. The first-order chi connectivity index (χ1) is 21.2. The van der Waals surface area contributed by atoms with Gasteiger partial charge in [-0.3, -0.25) is 4.98 Å². The predicted molar refractivity (Wildman–Crippen MR) is 176 cm³/mol. The zero-order valence-corrected chi connectivity index (χ0v) is 27.1. The van der Waals surface area contributed by atoms with Crippen molar-refractivity contribution in [3.63, 3.8) is 0 Å². The van der Waals surface area contributed by atoms with Crippen LogP contribution in [0.2, 0.25) is 0 Å². The maximum absolute atomic E-state index is 14.1. The molecular weight excluding hydrogens is 610 g/mol. The molecule has 3 unspecified atom stereocenters. The number of halogens is 1. The minimum Gasteiger partial charge on any atom is -0.302 e. The monoisotopic (exact) mass is 643 g/mol. The second-order valence-corrected chi connectivity index (χ2v) is 16.3. The van der Waals surface area contributed by atoms with Crippen molar-refractivity contribution in [1.29, 1.82) is 0 Å². The van der Waals surface area contributed by atoms with E-state index in [0.29, 0.717) is 17.5 Å². The Balaban J connectivity index is 1.70. The van der Waals surface area contributed by atoms with Crippen molar-refractivity contribution >= 4 is 36.9 Å². The van der Waals surface area contributed by atoms with Crippen LogP contribution in [0.4, 0.5) is 4.39 Å². The van der Waals surface area contributed by atoms with Crippen LogP contribution < -0.4 is 0 Å². The summed E-state index contributed by atoms with van der Waals surface area (Å²) in [5.74, 6) is -0.985. The Labute approximate surface area is 263 Å². The molecule has 5 aromatic rings. The van der Waals surface area contributed by atoms with E-state index in [0.717, 1.165) is 45.7 Å². The average Bonchev–Trinajstić information content (AvgIpc) is 3.01. The molecule has 1 heterocycles. The van der Waals surface area contributed by atoms with Gasteiger partial charge in [0.05, 0.1) is 21.1 Å². The van der Waals surface area contributed by atoms with Crippen LogP contribution in [0.5, 0.6) is 0 Å². The third kappa shape index (κ3) is 6.74. The third-order valence-corrected chi connectivity index (χ3v) is 11.3. The Morgan fingerprint density at radius 2 is 1.53 bits per heavy atom. The van der Waals surface area contributed by atoms with Crippen LogP contribution in [0.1, 0.15) is 42.0 Å². The lowest BCUT2D eigenvalue weighted by molar-refractivity contribution is -0.112. The first kappa shape index (κ1) is 32.2. The fourth-order valence-corrected chi connectivity index (χ4v) is 6.99. The highest BCUT2D eigenvalue weighted by atomic mass is 32.2. The van der Waals surface area contributed by atoms with E-state index in [1.54, 1.807) is 44.3 Å². The molecule has 232 valence electrons. The fraction of sp³-hybridized carbons (Fsp3) is 0.222. The Hall–Kier alpha value is -4.21. The van der Waals surface area contributed by atoms with Crippen LogP contribution in [-0.4, -0.2) is 45.9 Å². The number of hydrogen-bond acceptors (Lipinski definition) is 6. The summed E-state index contributed by atoms with van der Waals surface area (Å²) < 4.78 is 62.8. The number of aldehydes is 1. The summed E-state index contributed by atoms with van der Waals surface area (Å²) in [4.78, 5) is 17.9. The summed E-state index contributed by atoms with van der Waals surface area (Å²) in [7, 11) is -6.69. The normalized spacial score (nSPS) is 14.9. The molecule has 0 spiro atoms. The van der Waals surface area contributed by atoms with Crippen molar-refractivity contribution < 1.29 is 26.0 Å². The molecule has 0 aliphatic rings. The Morgan fingerprint density at radius 3 is 2.16 bits per heavy atom. The molecule has 1 aromatic heterocycles. The van der Waals surface area contributed by atoms with Crippen LogP contribution in [-0.2, 0) is 36.3 Å². The van der Waals surface area contributed by atoms with Crippen molar-refractivity contribution in [3.8, 4) is 11.1 Å². The number of sulfone groups is 2. The van der Waals surface area contributed by atoms with E-state index in [1.807, 2.05) is 48.5 Å². The molecule has 0 aliphatic carbocycles. The number of fused-ring (bicyclic) bond motifs is 1. The van der Waals surface area contributed by atoms with E-state index in [-0.39, 0.29) is 4.90 Å². The first-order valence-corrected chi connectivity index (χ1v) is 18.2. The van der Waals surface area contributed by atoms with Gasteiger partial charge in [0.1, 0.15) is 21.9 Å². The minimum absolute atomic E-state index is 0.143. The summed E-state index contributed by atoms with van der Waals surface area (Å²) in [5.41, 5.74) is 4.15. The molecule has 0 radical (unpaired) electrons. The second-order valence-electron chi connectivity index (χ2n) is 11.9. The van der Waals surface area contributed by atoms with Crippen LogP contribution in [0, 0.1) is 5.82 Å². The van der Waals surface area contributed by atoms with Gasteiger partial charge in [-0.05, 0) is 90.6 Å². The summed E-state index contributed by atoms with van der Waals surface area (Å²) in [6, 6.07) is 27.7. The van der Waals surface area contributed by atoms with Gasteiger partial charge in [-0.1, -0.05) is 54.6 Å². The van der Waals surface area contributed by atoms with Crippen LogP contribution in [0.15, 0.2) is 108 Å². The molecule has 0 saturated heterocycles. The van der Waals surface area contributed by atoms with Crippen LogP contribution >= 0.6 is 0 Å². The highest BCUT2D eigenvalue weighted by Gasteiger charge is 2.38. The molecule has 0 aliphatic heterocycles. The minimum atomic E-state index is -3.44. The maximum Gasteiger partial charge on any atom is 0.175 e. The second kappa shape index (κ2) is 12.3. The first-order valence-electron chi connectivity index (χ1n) is 14.4. The van der Waals surface area contributed by atoms with Crippen LogP contribution in [0.3, 0.4) is 0 Å². The molecule has 4 aromatic carbocycles. The topological polar surface area (TPSA) is 98.2 Å². The van der Waals surface area contributed by atoms with Crippen molar-refractivity contribution in [2.75, 3.05) is 12.5 Å². The number of aromatic nitrogens is 1. The van der Waals surface area contributed by atoms with E-state index >= 15 is 0 Å². The maximum atomic E-state index is 14.1. The van der Waals surface area contributed by atoms with Gasteiger partial charge in [0.15, 0.2) is 9.84 Å². The smallest absolute Gasteiger partial charge is 0.175 e. The summed E-state index contributed by atoms with van der Waals surface area (Å²) in [6.45, 7) is 3.49. The number of carbonyl (C=O) groups is 1. The summed E-state index contributed by atoms with van der Waals surface area (Å²) >= 11 is 0. The largest absolute Gasteiger partial charge is 0.302 e. The Bertz CT molecular complexity index is 2090. The number of carbonyl (C=O) groups excluding carboxylic acids is 1. The average molecular weight is 644 g/mol. The quantitative estimate of drug-likeness (QED) is 0.157. The molecule has 3 atom stereocenters. The van der Waals surface area contributed by atoms with Gasteiger partial charge >= 0.3 is 0 Å². The van der Waals surface area contributed by atoms with Gasteiger partial charge in [0.25, 0.3) is 0 Å². The number of nitrogens with zero attached hydrogens (tertiary/aromatic N) is 1. The summed E-state index contributed by atoms with van der Waals surface area (Å²) in [5, 5.41) is 0.297. The SMILES string of the molecule is CC(Cc1cc(-c2cccc(C(c3ccc(F)cc3)C(C)(C=O)c3ccc(S(C)(=O)=O)cc3)c2)c2ncccc2c1)S(C)(=O)=O. The number of benzene rings is 4. The Morgan fingerprint density at radius 1 is 0.844 bits per heavy atom. The lowest BCUT2D eigenvalue weighted by Crippen LogP contribution is -2.33. The van der Waals surface area contributed by atoms with Gasteiger partial charge in [-0.25, -0.2) is 21.2 Å². The van der Waals surface area contributed by atoms with E-state index in [4.69, 9.17) is 0 Å².